The molecular weight excluding hydrogens is 507 g/mol. The van der Waals surface area contributed by atoms with Crippen LogP contribution in [-0.2, 0) is 16.6 Å². The Morgan fingerprint density at radius 3 is 2.58 bits per heavy atom. The molecule has 1 aromatic rings. The fourth-order valence-electron chi connectivity index (χ4n) is 2.85. The topological polar surface area (TPSA) is 65.0 Å². The van der Waals surface area contributed by atoms with Crippen LogP contribution in [0.25, 0.3) is 0 Å². The van der Waals surface area contributed by atoms with Gasteiger partial charge in [0.15, 0.2) is 5.96 Å². The molecule has 0 aromatic carbocycles. The number of aliphatic imine (C=N–C) groups is 1. The van der Waals surface area contributed by atoms with Gasteiger partial charge in [-0.2, -0.15) is 0 Å². The Balaban J connectivity index is 0.00000338. The van der Waals surface area contributed by atoms with E-state index in [1.165, 1.54) is 11.1 Å². The van der Waals surface area contributed by atoms with Crippen molar-refractivity contribution < 1.29 is 8.42 Å². The van der Waals surface area contributed by atoms with Crippen molar-refractivity contribution in [2.24, 2.45) is 10.9 Å². The summed E-state index contributed by atoms with van der Waals surface area (Å²) in [5.41, 5.74) is 0. The van der Waals surface area contributed by atoms with Gasteiger partial charge in [0, 0.05) is 38.1 Å². The number of sulfonamides is 1. The Morgan fingerprint density at radius 2 is 2.08 bits per heavy atom. The van der Waals surface area contributed by atoms with Crippen molar-refractivity contribution in [3.8, 4) is 0 Å². The summed E-state index contributed by atoms with van der Waals surface area (Å²) >= 11 is 7.58. The second kappa shape index (κ2) is 11.0. The normalized spacial score (nSPS) is 17.0. The van der Waals surface area contributed by atoms with Crippen molar-refractivity contribution in [3.63, 3.8) is 0 Å². The van der Waals surface area contributed by atoms with E-state index >= 15 is 0 Å². The third kappa shape index (κ3) is 7.49. The van der Waals surface area contributed by atoms with Gasteiger partial charge in [0.05, 0.1) is 17.1 Å². The molecule has 1 N–H and O–H groups in total. The maximum absolute atomic E-state index is 11.6. The molecule has 10 heteroatoms. The van der Waals surface area contributed by atoms with Gasteiger partial charge in [-0.05, 0) is 37.8 Å². The maximum Gasteiger partial charge on any atom is 0.211 e. The molecule has 0 bridgehead atoms. The summed E-state index contributed by atoms with van der Waals surface area (Å²) in [5, 5.41) is 3.32. The third-order valence-corrected chi connectivity index (χ3v) is 6.78. The highest BCUT2D eigenvalue weighted by atomic mass is 127. The minimum Gasteiger partial charge on any atom is -0.357 e. The molecule has 0 spiro atoms. The van der Waals surface area contributed by atoms with E-state index in [1.54, 1.807) is 15.6 Å². The zero-order chi connectivity index (χ0) is 18.4. The average molecular weight is 535 g/mol. The molecule has 2 heterocycles. The standard InChI is InChI=1S/C16H27ClN4O2S2.HI/c1-4-18-16(20(2)12-14-5-6-15(17)24-14)19-11-13-7-9-21(10-8-13)25(3,22)23;/h5-6,13H,4,7-12H2,1-3H3,(H,18,19);1H. The van der Waals surface area contributed by atoms with Crippen LogP contribution in [0.2, 0.25) is 4.34 Å². The third-order valence-electron chi connectivity index (χ3n) is 4.26. The monoisotopic (exact) mass is 534 g/mol. The number of thiophene rings is 1. The lowest BCUT2D eigenvalue weighted by molar-refractivity contribution is 0.279. The first-order valence-corrected chi connectivity index (χ1v) is 11.5. The Bertz CT molecular complexity index is 688. The second-order valence-corrected chi connectivity index (χ2v) is 10.1. The SMILES string of the molecule is CCNC(=NCC1CCN(S(C)(=O)=O)CC1)N(C)Cc1ccc(Cl)s1.I. The number of guanidine groups is 1. The molecule has 1 saturated heterocycles. The van der Waals surface area contributed by atoms with Crippen molar-refractivity contribution in [2.45, 2.75) is 26.3 Å². The van der Waals surface area contributed by atoms with Crippen LogP contribution in [0.1, 0.15) is 24.6 Å². The number of nitrogens with one attached hydrogen (secondary N) is 1. The second-order valence-electron chi connectivity index (χ2n) is 6.36. The van der Waals surface area contributed by atoms with E-state index in [0.717, 1.165) is 42.8 Å². The van der Waals surface area contributed by atoms with Crippen LogP contribution in [0.3, 0.4) is 0 Å². The lowest BCUT2D eigenvalue weighted by Crippen LogP contribution is -2.40. The molecule has 150 valence electrons. The smallest absolute Gasteiger partial charge is 0.211 e. The molecule has 0 amide bonds. The number of piperidine rings is 1. The van der Waals surface area contributed by atoms with Gasteiger partial charge >= 0.3 is 0 Å². The molecule has 0 aliphatic carbocycles. The van der Waals surface area contributed by atoms with Gasteiger partial charge in [0.1, 0.15) is 0 Å². The van der Waals surface area contributed by atoms with Gasteiger partial charge in [-0.3, -0.25) is 4.99 Å². The summed E-state index contributed by atoms with van der Waals surface area (Å²) in [4.78, 5) is 8.05. The predicted molar refractivity (Wildman–Crippen MR) is 121 cm³/mol. The van der Waals surface area contributed by atoms with Crippen molar-refractivity contribution in [1.29, 1.82) is 0 Å². The summed E-state index contributed by atoms with van der Waals surface area (Å²) in [6.45, 7) is 5.53. The number of halogens is 2. The summed E-state index contributed by atoms with van der Waals surface area (Å²) in [7, 11) is -1.05. The average Bonchev–Trinajstić information content (AvgIpc) is 2.95. The zero-order valence-electron chi connectivity index (χ0n) is 15.4. The summed E-state index contributed by atoms with van der Waals surface area (Å²) < 4.78 is 25.5. The van der Waals surface area contributed by atoms with Gasteiger partial charge in [0.2, 0.25) is 10.0 Å². The molecule has 0 radical (unpaired) electrons. The first kappa shape index (κ1) is 23.9. The van der Waals surface area contributed by atoms with Crippen LogP contribution < -0.4 is 5.32 Å². The van der Waals surface area contributed by atoms with E-state index < -0.39 is 10.0 Å². The van der Waals surface area contributed by atoms with Gasteiger partial charge in [0.25, 0.3) is 0 Å². The van der Waals surface area contributed by atoms with E-state index in [2.05, 4.69) is 17.1 Å². The number of hydrogen-bond acceptors (Lipinski definition) is 4. The number of nitrogens with zero attached hydrogens (tertiary/aromatic N) is 3. The molecule has 1 aliphatic heterocycles. The molecule has 6 nitrogen and oxygen atoms in total. The molecule has 1 fully saturated rings. The minimum absolute atomic E-state index is 0. The largest absolute Gasteiger partial charge is 0.357 e. The van der Waals surface area contributed by atoms with Crippen molar-refractivity contribution in [1.82, 2.24) is 14.5 Å². The van der Waals surface area contributed by atoms with Crippen LogP contribution in [-0.4, -0.2) is 63.1 Å². The van der Waals surface area contributed by atoms with Crippen LogP contribution in [0.5, 0.6) is 0 Å². The minimum atomic E-state index is -3.07. The van der Waals surface area contributed by atoms with Crippen LogP contribution >= 0.6 is 46.9 Å². The van der Waals surface area contributed by atoms with Crippen LogP contribution in [0.15, 0.2) is 17.1 Å². The van der Waals surface area contributed by atoms with Gasteiger partial charge in [-0.15, -0.1) is 35.3 Å². The molecule has 1 aliphatic rings. The van der Waals surface area contributed by atoms with E-state index in [1.807, 2.05) is 19.2 Å². The van der Waals surface area contributed by atoms with E-state index in [0.29, 0.717) is 19.0 Å². The molecule has 2 rings (SSSR count). The Hall–Kier alpha value is -0.1000. The highest BCUT2D eigenvalue weighted by Crippen LogP contribution is 2.23. The Labute approximate surface area is 183 Å². The Morgan fingerprint density at radius 1 is 1.42 bits per heavy atom. The maximum atomic E-state index is 11.6. The first-order valence-electron chi connectivity index (χ1n) is 8.48. The highest BCUT2D eigenvalue weighted by molar-refractivity contribution is 14.0. The molecule has 0 unspecified atom stereocenters. The van der Waals surface area contributed by atoms with Crippen molar-refractivity contribution in [3.05, 3.63) is 21.3 Å². The van der Waals surface area contributed by atoms with E-state index in [-0.39, 0.29) is 24.0 Å². The van der Waals surface area contributed by atoms with E-state index in [4.69, 9.17) is 16.6 Å². The molecule has 1 aromatic heterocycles. The molecule has 26 heavy (non-hydrogen) atoms. The quantitative estimate of drug-likeness (QED) is 0.346. The fraction of sp³-hybridized carbons (Fsp3) is 0.688. The fourth-order valence-corrected chi connectivity index (χ4v) is 4.87. The van der Waals surface area contributed by atoms with E-state index in [9.17, 15) is 8.42 Å². The first-order chi connectivity index (χ1) is 11.8. The highest BCUT2D eigenvalue weighted by Gasteiger charge is 2.24. The van der Waals surface area contributed by atoms with Gasteiger partial charge < -0.3 is 10.2 Å². The molecule has 0 saturated carbocycles. The van der Waals surface area contributed by atoms with Crippen LogP contribution in [0, 0.1) is 5.92 Å². The molecular formula is C16H28ClIN4O2S2. The summed E-state index contributed by atoms with van der Waals surface area (Å²) in [6.07, 6.45) is 3.00. The summed E-state index contributed by atoms with van der Waals surface area (Å²) in [5.74, 6) is 1.30. The summed E-state index contributed by atoms with van der Waals surface area (Å²) in [6, 6.07) is 3.95. The number of rotatable bonds is 6. The zero-order valence-corrected chi connectivity index (χ0v) is 20.2. The lowest BCUT2D eigenvalue weighted by atomic mass is 9.98. The van der Waals surface area contributed by atoms with Gasteiger partial charge in [-0.25, -0.2) is 12.7 Å². The van der Waals surface area contributed by atoms with Crippen LogP contribution in [0.4, 0.5) is 0 Å². The number of hydrogen-bond donors (Lipinski definition) is 1. The van der Waals surface area contributed by atoms with Crippen molar-refractivity contribution in [2.75, 3.05) is 39.5 Å². The predicted octanol–water partition coefficient (Wildman–Crippen LogP) is 3.09. The molecule has 0 atom stereocenters. The van der Waals surface area contributed by atoms with Crippen molar-refractivity contribution >= 4 is 62.9 Å². The lowest BCUT2D eigenvalue weighted by Gasteiger charge is -2.30. The van der Waals surface area contributed by atoms with Gasteiger partial charge in [-0.1, -0.05) is 11.6 Å². The Kier molecular flexibility index (Phi) is 10.2.